The molecule has 3 rings (SSSR count). The molecule has 1 N–H and O–H groups in total. The van der Waals surface area contributed by atoms with E-state index in [0.717, 1.165) is 54.9 Å². The maximum atomic E-state index is 12.9. The molecule has 0 saturated carbocycles. The lowest BCUT2D eigenvalue weighted by Crippen LogP contribution is -2.38. The third-order valence-corrected chi connectivity index (χ3v) is 4.66. The summed E-state index contributed by atoms with van der Waals surface area (Å²) in [6, 6.07) is 11.8. The second kappa shape index (κ2) is 8.01. The highest BCUT2D eigenvalue weighted by Gasteiger charge is 2.26. The fraction of sp³-hybridized carbons (Fsp3) is 0.400. The van der Waals surface area contributed by atoms with E-state index in [9.17, 15) is 4.79 Å². The molecule has 1 aliphatic heterocycles. The van der Waals surface area contributed by atoms with Crippen molar-refractivity contribution < 1.29 is 9.53 Å². The summed E-state index contributed by atoms with van der Waals surface area (Å²) in [4.78, 5) is 19.0. The molecular weight excluding hydrogens is 314 g/mol. The van der Waals surface area contributed by atoms with Gasteiger partial charge >= 0.3 is 6.03 Å². The maximum absolute atomic E-state index is 12.9. The number of benzene rings is 1. The van der Waals surface area contributed by atoms with Crippen molar-refractivity contribution in [3.8, 4) is 5.75 Å². The maximum Gasteiger partial charge on any atom is 0.322 e. The molecule has 132 valence electrons. The van der Waals surface area contributed by atoms with Gasteiger partial charge < -0.3 is 15.0 Å². The van der Waals surface area contributed by atoms with Crippen molar-refractivity contribution in [2.75, 3.05) is 19.0 Å². The number of hydrogen-bond donors (Lipinski definition) is 1. The van der Waals surface area contributed by atoms with Crippen LogP contribution in [0, 0.1) is 6.92 Å². The molecule has 5 nitrogen and oxygen atoms in total. The van der Waals surface area contributed by atoms with Crippen molar-refractivity contribution in [1.82, 2.24) is 9.88 Å². The summed E-state index contributed by atoms with van der Waals surface area (Å²) in [5, 5.41) is 3.02. The topological polar surface area (TPSA) is 54.5 Å². The van der Waals surface area contributed by atoms with Gasteiger partial charge in [0.2, 0.25) is 0 Å². The molecule has 1 aromatic heterocycles. The highest BCUT2D eigenvalue weighted by Crippen LogP contribution is 2.31. The average molecular weight is 339 g/mol. The Kier molecular flexibility index (Phi) is 5.53. The molecule has 1 aliphatic rings. The smallest absolute Gasteiger partial charge is 0.322 e. The number of amides is 2. The summed E-state index contributed by atoms with van der Waals surface area (Å²) < 4.78 is 5.25. The van der Waals surface area contributed by atoms with E-state index in [1.54, 1.807) is 13.3 Å². The van der Waals surface area contributed by atoms with E-state index < -0.39 is 0 Å². The standard InChI is InChI=1S/C20H25N3O2/c1-15-14-17(11-12-21-15)22-20(24)23-13-5-3-4-6-19(23)16-7-9-18(25-2)10-8-16/h7-12,14,19H,3-6,13H2,1-2H3,(H,21,22,24). The number of rotatable bonds is 3. The zero-order valence-electron chi connectivity index (χ0n) is 14.9. The third kappa shape index (κ3) is 4.29. The molecule has 5 heteroatoms. The molecular formula is C20H25N3O2. The van der Waals surface area contributed by atoms with Crippen LogP contribution >= 0.6 is 0 Å². The van der Waals surface area contributed by atoms with Crippen LogP contribution in [0.1, 0.15) is 43.0 Å². The number of methoxy groups -OCH3 is 1. The summed E-state index contributed by atoms with van der Waals surface area (Å²) in [5.74, 6) is 0.834. The number of hydrogen-bond acceptors (Lipinski definition) is 3. The van der Waals surface area contributed by atoms with Crippen LogP contribution in [0.3, 0.4) is 0 Å². The Morgan fingerprint density at radius 3 is 2.72 bits per heavy atom. The van der Waals surface area contributed by atoms with Gasteiger partial charge in [0.1, 0.15) is 5.75 Å². The normalized spacial score (nSPS) is 17.7. The Balaban J connectivity index is 1.80. The molecule has 25 heavy (non-hydrogen) atoms. The van der Waals surface area contributed by atoms with Gasteiger partial charge in [0, 0.05) is 24.1 Å². The monoisotopic (exact) mass is 339 g/mol. The number of aromatic nitrogens is 1. The quantitative estimate of drug-likeness (QED) is 0.892. The molecule has 2 amide bonds. The summed E-state index contributed by atoms with van der Waals surface area (Å²) in [5.41, 5.74) is 2.83. The van der Waals surface area contributed by atoms with Crippen LogP contribution in [0.5, 0.6) is 5.75 Å². The summed E-state index contributed by atoms with van der Waals surface area (Å²) in [6.07, 6.45) is 6.03. The second-order valence-corrected chi connectivity index (χ2v) is 6.45. The predicted molar refractivity (Wildman–Crippen MR) is 98.9 cm³/mol. The molecule has 1 atom stereocenters. The van der Waals surface area contributed by atoms with Gasteiger partial charge in [-0.05, 0) is 49.6 Å². The van der Waals surface area contributed by atoms with Crippen molar-refractivity contribution in [3.05, 3.63) is 53.9 Å². The minimum Gasteiger partial charge on any atom is -0.497 e. The molecule has 1 fully saturated rings. The van der Waals surface area contributed by atoms with Crippen LogP contribution in [0.4, 0.5) is 10.5 Å². The lowest BCUT2D eigenvalue weighted by atomic mass is 10.0. The highest BCUT2D eigenvalue weighted by molar-refractivity contribution is 5.89. The largest absolute Gasteiger partial charge is 0.497 e. The number of nitrogens with one attached hydrogen (secondary N) is 1. The Hall–Kier alpha value is -2.56. The number of carbonyl (C=O) groups is 1. The first kappa shape index (κ1) is 17.3. The fourth-order valence-electron chi connectivity index (χ4n) is 3.34. The minimum absolute atomic E-state index is 0.0479. The van der Waals surface area contributed by atoms with Gasteiger partial charge in [0.25, 0.3) is 0 Å². The van der Waals surface area contributed by atoms with Gasteiger partial charge in [-0.1, -0.05) is 25.0 Å². The molecule has 0 radical (unpaired) electrons. The Bertz CT molecular complexity index is 715. The van der Waals surface area contributed by atoms with Gasteiger partial charge in [0.15, 0.2) is 0 Å². The Morgan fingerprint density at radius 1 is 1.20 bits per heavy atom. The number of likely N-dealkylation sites (tertiary alicyclic amines) is 1. The lowest BCUT2D eigenvalue weighted by Gasteiger charge is -2.30. The number of nitrogens with zero attached hydrogens (tertiary/aromatic N) is 2. The Morgan fingerprint density at radius 2 is 2.00 bits per heavy atom. The third-order valence-electron chi connectivity index (χ3n) is 4.66. The fourth-order valence-corrected chi connectivity index (χ4v) is 3.34. The molecule has 1 aromatic carbocycles. The van der Waals surface area contributed by atoms with E-state index in [2.05, 4.69) is 22.4 Å². The molecule has 0 spiro atoms. The molecule has 0 aliphatic carbocycles. The predicted octanol–water partition coefficient (Wildman–Crippen LogP) is 4.55. The van der Waals surface area contributed by atoms with Crippen LogP contribution in [-0.4, -0.2) is 29.6 Å². The summed E-state index contributed by atoms with van der Waals surface area (Å²) in [7, 11) is 1.66. The van der Waals surface area contributed by atoms with Crippen LogP contribution in [0.15, 0.2) is 42.6 Å². The Labute approximate surface area is 149 Å². The number of ether oxygens (including phenoxy) is 1. The van der Waals surface area contributed by atoms with E-state index in [-0.39, 0.29) is 12.1 Å². The minimum atomic E-state index is -0.0479. The molecule has 2 aromatic rings. The van der Waals surface area contributed by atoms with Crippen LogP contribution in [-0.2, 0) is 0 Å². The number of urea groups is 1. The second-order valence-electron chi connectivity index (χ2n) is 6.45. The van der Waals surface area contributed by atoms with Crippen LogP contribution in [0.25, 0.3) is 0 Å². The van der Waals surface area contributed by atoms with Crippen molar-refractivity contribution >= 4 is 11.7 Å². The molecule has 1 saturated heterocycles. The van der Waals surface area contributed by atoms with Crippen molar-refractivity contribution in [2.24, 2.45) is 0 Å². The van der Waals surface area contributed by atoms with Gasteiger partial charge in [-0.25, -0.2) is 4.79 Å². The highest BCUT2D eigenvalue weighted by atomic mass is 16.5. The lowest BCUT2D eigenvalue weighted by molar-refractivity contribution is 0.189. The summed E-state index contributed by atoms with van der Waals surface area (Å²) >= 11 is 0. The molecule has 2 heterocycles. The van der Waals surface area contributed by atoms with Crippen molar-refractivity contribution in [2.45, 2.75) is 38.6 Å². The zero-order valence-corrected chi connectivity index (χ0v) is 14.9. The van der Waals surface area contributed by atoms with E-state index in [1.807, 2.05) is 36.1 Å². The van der Waals surface area contributed by atoms with Crippen LogP contribution < -0.4 is 10.1 Å². The first-order valence-electron chi connectivity index (χ1n) is 8.81. The SMILES string of the molecule is COc1ccc(C2CCCCCN2C(=O)Nc2ccnc(C)c2)cc1. The van der Waals surface area contributed by atoms with Gasteiger partial charge in [-0.2, -0.15) is 0 Å². The summed E-state index contributed by atoms with van der Waals surface area (Å²) in [6.45, 7) is 2.69. The van der Waals surface area contributed by atoms with E-state index in [0.29, 0.717) is 0 Å². The van der Waals surface area contributed by atoms with Gasteiger partial charge in [0.05, 0.1) is 13.2 Å². The first-order valence-corrected chi connectivity index (χ1v) is 8.81. The van der Waals surface area contributed by atoms with E-state index in [1.165, 1.54) is 0 Å². The molecule has 1 unspecified atom stereocenters. The van der Waals surface area contributed by atoms with Crippen LogP contribution in [0.2, 0.25) is 0 Å². The van der Waals surface area contributed by atoms with Crippen molar-refractivity contribution in [3.63, 3.8) is 0 Å². The van der Waals surface area contributed by atoms with Gasteiger partial charge in [-0.3, -0.25) is 4.98 Å². The number of carbonyl (C=O) groups excluding carboxylic acids is 1. The number of anilines is 1. The van der Waals surface area contributed by atoms with Gasteiger partial charge in [-0.15, -0.1) is 0 Å². The van der Waals surface area contributed by atoms with Crippen molar-refractivity contribution in [1.29, 1.82) is 0 Å². The van der Waals surface area contributed by atoms with E-state index >= 15 is 0 Å². The number of aryl methyl sites for hydroxylation is 1. The van der Waals surface area contributed by atoms with E-state index in [4.69, 9.17) is 4.74 Å². The number of pyridine rings is 1. The zero-order chi connectivity index (χ0) is 17.6. The average Bonchev–Trinajstić information content (AvgIpc) is 2.88. The molecule has 0 bridgehead atoms. The first-order chi connectivity index (χ1) is 12.2.